The van der Waals surface area contributed by atoms with E-state index in [0.717, 1.165) is 34.7 Å². The van der Waals surface area contributed by atoms with Crippen LogP contribution in [0.1, 0.15) is 38.8 Å². The third-order valence-electron chi connectivity index (χ3n) is 4.89. The second kappa shape index (κ2) is 8.05. The lowest BCUT2D eigenvalue weighted by Gasteiger charge is -2.11. The number of aromatic nitrogens is 1. The van der Waals surface area contributed by atoms with Crippen LogP contribution in [-0.2, 0) is 11.2 Å². The summed E-state index contributed by atoms with van der Waals surface area (Å²) in [4.78, 5) is 30.8. The highest BCUT2D eigenvalue weighted by molar-refractivity contribution is 7.16. The van der Waals surface area contributed by atoms with Crippen molar-refractivity contribution in [1.82, 2.24) is 4.98 Å². The minimum atomic E-state index is -0.298. The van der Waals surface area contributed by atoms with Gasteiger partial charge in [-0.05, 0) is 61.7 Å². The Morgan fingerprint density at radius 2 is 1.93 bits per heavy atom. The van der Waals surface area contributed by atoms with Crippen LogP contribution in [0.3, 0.4) is 0 Å². The first-order valence-corrected chi connectivity index (χ1v) is 10.2. The van der Waals surface area contributed by atoms with Crippen molar-refractivity contribution >= 4 is 34.0 Å². The van der Waals surface area contributed by atoms with E-state index in [4.69, 9.17) is 4.74 Å². The zero-order chi connectivity index (χ0) is 20.4. The van der Waals surface area contributed by atoms with E-state index >= 15 is 0 Å². The molecule has 2 amide bonds. The van der Waals surface area contributed by atoms with E-state index in [2.05, 4.69) is 15.6 Å². The maximum absolute atomic E-state index is 12.8. The van der Waals surface area contributed by atoms with Crippen molar-refractivity contribution < 1.29 is 14.3 Å². The lowest BCUT2D eigenvalue weighted by atomic mass is 10.1. The Hall–Kier alpha value is -3.19. The van der Waals surface area contributed by atoms with E-state index in [9.17, 15) is 9.59 Å². The van der Waals surface area contributed by atoms with Crippen LogP contribution in [-0.4, -0.2) is 23.9 Å². The fourth-order valence-corrected chi connectivity index (χ4v) is 4.43. The van der Waals surface area contributed by atoms with Crippen LogP contribution in [0.25, 0.3) is 0 Å². The zero-order valence-corrected chi connectivity index (χ0v) is 17.0. The van der Waals surface area contributed by atoms with Crippen molar-refractivity contribution in [1.29, 1.82) is 0 Å². The Morgan fingerprint density at radius 3 is 2.66 bits per heavy atom. The number of amides is 2. The van der Waals surface area contributed by atoms with Crippen LogP contribution in [0.2, 0.25) is 0 Å². The van der Waals surface area contributed by atoms with Crippen LogP contribution in [0, 0.1) is 6.92 Å². The first-order chi connectivity index (χ1) is 14.0. The number of rotatable bonds is 5. The van der Waals surface area contributed by atoms with Crippen molar-refractivity contribution in [3.05, 3.63) is 70.2 Å². The lowest BCUT2D eigenvalue weighted by molar-refractivity contribution is -0.117. The summed E-state index contributed by atoms with van der Waals surface area (Å²) in [6.07, 6.45) is 1.52. The van der Waals surface area contributed by atoms with Crippen LogP contribution in [0.15, 0.2) is 48.5 Å². The van der Waals surface area contributed by atoms with E-state index in [-0.39, 0.29) is 17.7 Å². The molecule has 0 saturated carbocycles. The lowest BCUT2D eigenvalue weighted by Crippen LogP contribution is -2.20. The Kier molecular flexibility index (Phi) is 5.31. The number of carbonyl (C=O) groups is 2. The molecule has 3 aromatic rings. The number of anilines is 2. The third kappa shape index (κ3) is 4.14. The molecular formula is C22H21N3O3S. The summed E-state index contributed by atoms with van der Waals surface area (Å²) in [5.74, 6) is 0.0964. The van der Waals surface area contributed by atoms with Gasteiger partial charge in [0.15, 0.2) is 5.13 Å². The monoisotopic (exact) mass is 407 g/mol. The average molecular weight is 407 g/mol. The molecule has 7 heteroatoms. The Morgan fingerprint density at radius 1 is 1.14 bits per heavy atom. The van der Waals surface area contributed by atoms with Crippen molar-refractivity contribution in [2.45, 2.75) is 25.7 Å². The van der Waals surface area contributed by atoms with Crippen molar-refractivity contribution in [2.24, 2.45) is 0 Å². The molecular weight excluding hydrogens is 386 g/mol. The van der Waals surface area contributed by atoms with E-state index in [1.54, 1.807) is 31.4 Å². The van der Waals surface area contributed by atoms with Crippen LogP contribution in [0.4, 0.5) is 10.8 Å². The van der Waals surface area contributed by atoms with E-state index in [0.29, 0.717) is 16.4 Å². The fourth-order valence-electron chi connectivity index (χ4n) is 3.40. The number of carbonyl (C=O) groups excluding carboxylic acids is 2. The Bertz CT molecular complexity index is 1060. The number of nitrogens with one attached hydrogen (secondary N) is 2. The highest BCUT2D eigenvalue weighted by atomic mass is 32.1. The molecule has 148 valence electrons. The molecule has 6 nitrogen and oxygen atoms in total. The molecule has 0 fully saturated rings. The van der Waals surface area contributed by atoms with E-state index in [1.807, 2.05) is 31.2 Å². The van der Waals surface area contributed by atoms with Gasteiger partial charge in [-0.15, -0.1) is 11.3 Å². The number of nitrogens with zero attached hydrogens (tertiary/aromatic N) is 1. The molecule has 1 aromatic heterocycles. The normalized spacial score (nSPS) is 14.9. The van der Waals surface area contributed by atoms with Gasteiger partial charge in [0.2, 0.25) is 5.91 Å². The number of thiazole rings is 1. The minimum Gasteiger partial charge on any atom is -0.497 e. The van der Waals surface area contributed by atoms with Gasteiger partial charge in [-0.2, -0.15) is 0 Å². The summed E-state index contributed by atoms with van der Waals surface area (Å²) in [7, 11) is 1.58. The third-order valence-corrected chi connectivity index (χ3v) is 5.94. The van der Waals surface area contributed by atoms with Crippen molar-refractivity contribution in [3.63, 3.8) is 0 Å². The summed E-state index contributed by atoms with van der Waals surface area (Å²) in [6.45, 7) is 1.99. The Balaban J connectivity index is 1.45. The molecule has 0 aliphatic heterocycles. The molecule has 0 radical (unpaired) electrons. The molecule has 4 rings (SSSR count). The van der Waals surface area contributed by atoms with Crippen LogP contribution in [0.5, 0.6) is 5.75 Å². The molecule has 0 saturated heterocycles. The molecule has 1 aliphatic rings. The van der Waals surface area contributed by atoms with Gasteiger partial charge < -0.3 is 10.1 Å². The van der Waals surface area contributed by atoms with Gasteiger partial charge in [0, 0.05) is 16.1 Å². The summed E-state index contributed by atoms with van der Waals surface area (Å²) in [6, 6.07) is 14.6. The van der Waals surface area contributed by atoms with Gasteiger partial charge in [-0.25, -0.2) is 4.98 Å². The predicted molar refractivity (Wildman–Crippen MR) is 114 cm³/mol. The molecule has 0 spiro atoms. The zero-order valence-electron chi connectivity index (χ0n) is 16.2. The maximum atomic E-state index is 12.8. The Labute approximate surface area is 172 Å². The first-order valence-electron chi connectivity index (χ1n) is 9.36. The topological polar surface area (TPSA) is 80.3 Å². The number of ether oxygens (including phenoxy) is 1. The summed E-state index contributed by atoms with van der Waals surface area (Å²) >= 11 is 1.43. The van der Waals surface area contributed by atoms with Gasteiger partial charge in [-0.3, -0.25) is 14.9 Å². The van der Waals surface area contributed by atoms with Gasteiger partial charge >= 0.3 is 0 Å². The summed E-state index contributed by atoms with van der Waals surface area (Å²) in [5, 5.41) is 6.33. The van der Waals surface area contributed by atoms with E-state index in [1.165, 1.54) is 11.3 Å². The molecule has 2 aromatic carbocycles. The first kappa shape index (κ1) is 19.1. The van der Waals surface area contributed by atoms with Gasteiger partial charge in [0.1, 0.15) is 5.75 Å². The van der Waals surface area contributed by atoms with Gasteiger partial charge in [-0.1, -0.05) is 12.1 Å². The molecule has 2 N–H and O–H groups in total. The number of benzene rings is 2. The number of hydrogen-bond donors (Lipinski definition) is 2. The van der Waals surface area contributed by atoms with E-state index < -0.39 is 0 Å². The maximum Gasteiger partial charge on any atom is 0.257 e. The largest absolute Gasteiger partial charge is 0.497 e. The smallest absolute Gasteiger partial charge is 0.257 e. The minimum absolute atomic E-state index is 0.0623. The van der Waals surface area contributed by atoms with Gasteiger partial charge in [0.25, 0.3) is 5.91 Å². The number of aryl methyl sites for hydroxylation is 2. The molecule has 1 atom stereocenters. The van der Waals surface area contributed by atoms with Crippen molar-refractivity contribution in [3.8, 4) is 5.75 Å². The summed E-state index contributed by atoms with van der Waals surface area (Å²) < 4.78 is 5.11. The quantitative estimate of drug-likeness (QED) is 0.658. The summed E-state index contributed by atoms with van der Waals surface area (Å²) in [5.41, 5.74) is 3.17. The van der Waals surface area contributed by atoms with Crippen LogP contribution >= 0.6 is 11.3 Å². The number of hydrogen-bond acceptors (Lipinski definition) is 5. The number of fused-ring (bicyclic) bond motifs is 1. The van der Waals surface area contributed by atoms with Crippen LogP contribution < -0.4 is 15.4 Å². The molecule has 0 bridgehead atoms. The molecule has 1 aliphatic carbocycles. The molecule has 1 unspecified atom stereocenters. The standard InChI is InChI=1S/C22H21N3O3S/c1-13-4-3-5-15(12-13)23-21(27)17-10-11-18-19(17)24-22(29-18)25-20(26)14-6-8-16(28-2)9-7-14/h3-9,12,17H,10-11H2,1-2H3,(H,23,27)(H,24,25,26). The second-order valence-electron chi connectivity index (χ2n) is 6.96. The average Bonchev–Trinajstić information content (AvgIpc) is 3.28. The molecule has 29 heavy (non-hydrogen) atoms. The predicted octanol–water partition coefficient (Wildman–Crippen LogP) is 4.38. The SMILES string of the molecule is COc1ccc(C(=O)Nc2nc3c(s2)CCC3C(=O)Nc2cccc(C)c2)cc1. The van der Waals surface area contributed by atoms with Gasteiger partial charge in [0.05, 0.1) is 18.7 Å². The molecule has 1 heterocycles. The second-order valence-corrected chi connectivity index (χ2v) is 8.04. The fraction of sp³-hybridized carbons (Fsp3) is 0.227. The highest BCUT2D eigenvalue weighted by Gasteiger charge is 2.33. The van der Waals surface area contributed by atoms with Crippen molar-refractivity contribution in [2.75, 3.05) is 17.7 Å². The highest BCUT2D eigenvalue weighted by Crippen LogP contribution is 2.39. The number of methoxy groups -OCH3 is 1.